The number of benzene rings is 1. The molecule has 5 nitrogen and oxygen atoms in total. The molecule has 4 N–H and O–H groups in total. The minimum Gasteiger partial charge on any atom is -0.399 e. The third kappa shape index (κ3) is 1.88. The van der Waals surface area contributed by atoms with Gasteiger partial charge in [0.25, 0.3) is 0 Å². The fourth-order valence-corrected chi connectivity index (χ4v) is 3.28. The zero-order valence-corrected chi connectivity index (χ0v) is 10.6. The molecule has 1 aliphatic heterocycles. The van der Waals surface area contributed by atoms with Gasteiger partial charge in [-0.1, -0.05) is 11.3 Å². The van der Waals surface area contributed by atoms with Crippen LogP contribution in [0.1, 0.15) is 6.42 Å². The lowest BCUT2D eigenvalue weighted by molar-refractivity contribution is -0.121. The highest BCUT2D eigenvalue weighted by molar-refractivity contribution is 7.22. The summed E-state index contributed by atoms with van der Waals surface area (Å²) >= 11 is 1.61. The lowest BCUT2D eigenvalue weighted by Crippen LogP contribution is -2.27. The summed E-state index contributed by atoms with van der Waals surface area (Å²) in [6.07, 6.45) is 0.813. The molecule has 2 aromatic rings. The maximum atomic E-state index is 11.2. The van der Waals surface area contributed by atoms with E-state index in [0.29, 0.717) is 6.54 Å². The normalized spacial score (nSPS) is 19.6. The largest absolute Gasteiger partial charge is 0.399 e. The van der Waals surface area contributed by atoms with E-state index in [4.69, 9.17) is 11.5 Å². The van der Waals surface area contributed by atoms with Crippen molar-refractivity contribution >= 4 is 38.3 Å². The predicted octanol–water partition coefficient (Wildman–Crippen LogP) is 1.19. The van der Waals surface area contributed by atoms with Crippen molar-refractivity contribution in [2.24, 2.45) is 11.7 Å². The Bertz CT molecular complexity index is 609. The topological polar surface area (TPSA) is 85.2 Å². The molecule has 0 radical (unpaired) electrons. The molecule has 1 aromatic heterocycles. The Balaban J connectivity index is 1.89. The van der Waals surface area contributed by atoms with E-state index >= 15 is 0 Å². The van der Waals surface area contributed by atoms with Gasteiger partial charge in [-0.2, -0.15) is 0 Å². The maximum Gasteiger partial charge on any atom is 0.222 e. The molecule has 2 heterocycles. The van der Waals surface area contributed by atoms with E-state index in [0.717, 1.165) is 34.0 Å². The van der Waals surface area contributed by atoms with Gasteiger partial charge in [0.15, 0.2) is 5.13 Å². The summed E-state index contributed by atoms with van der Waals surface area (Å²) in [5.41, 5.74) is 12.8. The highest BCUT2D eigenvalue weighted by atomic mass is 32.1. The van der Waals surface area contributed by atoms with Gasteiger partial charge in [-0.05, 0) is 24.6 Å². The van der Waals surface area contributed by atoms with Gasteiger partial charge in [0.1, 0.15) is 0 Å². The first-order chi connectivity index (χ1) is 8.63. The molecule has 1 unspecified atom stereocenters. The number of aromatic nitrogens is 1. The molecule has 94 valence electrons. The van der Waals surface area contributed by atoms with Gasteiger partial charge in [0.2, 0.25) is 5.91 Å². The van der Waals surface area contributed by atoms with Crippen molar-refractivity contribution in [3.63, 3.8) is 0 Å². The van der Waals surface area contributed by atoms with Crippen molar-refractivity contribution in [3.8, 4) is 0 Å². The van der Waals surface area contributed by atoms with Crippen molar-refractivity contribution in [1.82, 2.24) is 4.98 Å². The second kappa shape index (κ2) is 4.13. The van der Waals surface area contributed by atoms with Crippen LogP contribution in [0.25, 0.3) is 10.2 Å². The number of hydrogen-bond donors (Lipinski definition) is 2. The van der Waals surface area contributed by atoms with Gasteiger partial charge in [-0.25, -0.2) is 4.98 Å². The number of carbonyl (C=O) groups is 1. The summed E-state index contributed by atoms with van der Waals surface area (Å²) in [6.45, 7) is 1.51. The minimum absolute atomic E-state index is 0.0536. The van der Waals surface area contributed by atoms with Crippen molar-refractivity contribution in [3.05, 3.63) is 18.2 Å². The Morgan fingerprint density at radius 1 is 1.50 bits per heavy atom. The molecule has 1 fully saturated rings. The third-order valence-electron chi connectivity index (χ3n) is 3.26. The molecule has 3 rings (SSSR count). The van der Waals surface area contributed by atoms with Crippen LogP contribution in [0.5, 0.6) is 0 Å². The summed E-state index contributed by atoms with van der Waals surface area (Å²) in [6, 6.07) is 5.70. The number of anilines is 2. The lowest BCUT2D eigenvalue weighted by atomic mass is 10.1. The summed E-state index contributed by atoms with van der Waals surface area (Å²) in [4.78, 5) is 17.8. The first-order valence-corrected chi connectivity index (χ1v) is 6.65. The molecule has 0 aliphatic carbocycles. The number of carbonyl (C=O) groups excluding carboxylic acids is 1. The van der Waals surface area contributed by atoms with E-state index in [1.807, 2.05) is 18.2 Å². The van der Waals surface area contributed by atoms with Crippen molar-refractivity contribution < 1.29 is 4.79 Å². The summed E-state index contributed by atoms with van der Waals surface area (Å²) in [5, 5.41) is 0.944. The molecule has 6 heteroatoms. The predicted molar refractivity (Wildman–Crippen MR) is 73.5 cm³/mol. The Kier molecular flexibility index (Phi) is 2.59. The number of primary amides is 1. The van der Waals surface area contributed by atoms with Crippen molar-refractivity contribution in [2.45, 2.75) is 6.42 Å². The van der Waals surface area contributed by atoms with Gasteiger partial charge in [0, 0.05) is 18.8 Å². The second-order valence-electron chi connectivity index (χ2n) is 4.56. The number of nitrogen functional groups attached to an aromatic ring is 1. The summed E-state index contributed by atoms with van der Waals surface area (Å²) in [7, 11) is 0. The monoisotopic (exact) mass is 262 g/mol. The Hall–Kier alpha value is -1.82. The summed E-state index contributed by atoms with van der Waals surface area (Å²) in [5.74, 6) is -0.273. The quantitative estimate of drug-likeness (QED) is 0.796. The molecule has 18 heavy (non-hydrogen) atoms. The van der Waals surface area contributed by atoms with E-state index in [-0.39, 0.29) is 11.8 Å². The Morgan fingerprint density at radius 2 is 2.33 bits per heavy atom. The van der Waals surface area contributed by atoms with Crippen LogP contribution in [0, 0.1) is 5.92 Å². The first-order valence-electron chi connectivity index (χ1n) is 5.84. The molecule has 0 bridgehead atoms. The maximum absolute atomic E-state index is 11.2. The van der Waals surface area contributed by atoms with E-state index in [1.165, 1.54) is 0 Å². The molecule has 0 spiro atoms. The number of hydrogen-bond acceptors (Lipinski definition) is 5. The third-order valence-corrected chi connectivity index (χ3v) is 4.34. The summed E-state index contributed by atoms with van der Waals surface area (Å²) < 4.78 is 1.08. The number of nitrogens with zero attached hydrogens (tertiary/aromatic N) is 2. The average Bonchev–Trinajstić information content (AvgIpc) is 2.93. The molecule has 1 saturated heterocycles. The number of rotatable bonds is 2. The van der Waals surface area contributed by atoms with Crippen LogP contribution in [-0.4, -0.2) is 24.0 Å². The van der Waals surface area contributed by atoms with Crippen LogP contribution >= 0.6 is 11.3 Å². The fraction of sp³-hybridized carbons (Fsp3) is 0.333. The standard InChI is InChI=1S/C12H14N4OS/c13-8-1-2-9-10(5-8)18-12(15-9)16-4-3-7(6-16)11(14)17/h1-2,5,7H,3-4,6,13H2,(H2,14,17). The van der Waals surface area contributed by atoms with Crippen molar-refractivity contribution in [1.29, 1.82) is 0 Å². The van der Waals surface area contributed by atoms with Gasteiger partial charge < -0.3 is 16.4 Å². The molecule has 1 amide bonds. The Morgan fingerprint density at radius 3 is 3.06 bits per heavy atom. The van der Waals surface area contributed by atoms with E-state index in [2.05, 4.69) is 9.88 Å². The SMILES string of the molecule is NC(=O)C1CCN(c2nc3ccc(N)cc3s2)C1. The smallest absolute Gasteiger partial charge is 0.222 e. The van der Waals surface area contributed by atoms with Crippen molar-refractivity contribution in [2.75, 3.05) is 23.7 Å². The van der Waals surface area contributed by atoms with Crippen LogP contribution in [0.2, 0.25) is 0 Å². The molecule has 1 aliphatic rings. The molecule has 1 atom stereocenters. The number of amides is 1. The van der Waals surface area contributed by atoms with Crippen LogP contribution in [0.4, 0.5) is 10.8 Å². The van der Waals surface area contributed by atoms with Crippen LogP contribution in [0.3, 0.4) is 0 Å². The van der Waals surface area contributed by atoms with Crippen LogP contribution in [0.15, 0.2) is 18.2 Å². The zero-order chi connectivity index (χ0) is 12.7. The molecule has 1 aromatic carbocycles. The van der Waals surface area contributed by atoms with Gasteiger partial charge in [0.05, 0.1) is 16.1 Å². The highest BCUT2D eigenvalue weighted by Crippen LogP contribution is 2.32. The number of nitrogens with two attached hydrogens (primary N) is 2. The zero-order valence-electron chi connectivity index (χ0n) is 9.80. The van der Waals surface area contributed by atoms with E-state index in [9.17, 15) is 4.79 Å². The average molecular weight is 262 g/mol. The highest BCUT2D eigenvalue weighted by Gasteiger charge is 2.28. The molecular formula is C12H14N4OS. The van der Waals surface area contributed by atoms with Gasteiger partial charge >= 0.3 is 0 Å². The van der Waals surface area contributed by atoms with Gasteiger partial charge in [-0.3, -0.25) is 4.79 Å². The van der Waals surface area contributed by atoms with E-state index in [1.54, 1.807) is 11.3 Å². The van der Waals surface area contributed by atoms with Gasteiger partial charge in [-0.15, -0.1) is 0 Å². The Labute approximate surface area is 108 Å². The first kappa shape index (κ1) is 11.3. The lowest BCUT2D eigenvalue weighted by Gasteiger charge is -2.13. The number of fused-ring (bicyclic) bond motifs is 1. The fourth-order valence-electron chi connectivity index (χ4n) is 2.23. The molecular weight excluding hydrogens is 248 g/mol. The van der Waals surface area contributed by atoms with Crippen LogP contribution in [-0.2, 0) is 4.79 Å². The number of thiazole rings is 1. The van der Waals surface area contributed by atoms with Crippen LogP contribution < -0.4 is 16.4 Å². The second-order valence-corrected chi connectivity index (χ2v) is 5.57. The van der Waals surface area contributed by atoms with E-state index < -0.39 is 0 Å². The minimum atomic E-state index is -0.220. The molecule has 0 saturated carbocycles.